The minimum Gasteiger partial charge on any atom is -0.310 e. The van der Waals surface area contributed by atoms with Gasteiger partial charge in [-0.25, -0.2) is 0 Å². The Morgan fingerprint density at radius 2 is 0.962 bits per heavy atom. The average molecular weight is 1010 g/mol. The van der Waals surface area contributed by atoms with Crippen molar-refractivity contribution in [3.63, 3.8) is 0 Å². The van der Waals surface area contributed by atoms with Crippen molar-refractivity contribution in [2.24, 2.45) is 0 Å². The molecule has 1 heterocycles. The van der Waals surface area contributed by atoms with Crippen LogP contribution in [-0.4, -0.2) is 4.57 Å². The highest BCUT2D eigenvalue weighted by Gasteiger charge is 2.52. The first-order chi connectivity index (χ1) is 39.1. The molecule has 2 aliphatic carbocycles. The van der Waals surface area contributed by atoms with Crippen LogP contribution in [0, 0.1) is 6.92 Å². The predicted molar refractivity (Wildman–Crippen MR) is 333 cm³/mol. The van der Waals surface area contributed by atoms with E-state index in [1.54, 1.807) is 0 Å². The molecule has 15 rings (SSSR count). The van der Waals surface area contributed by atoms with E-state index in [-0.39, 0.29) is 0 Å². The molecule has 0 N–H and O–H groups in total. The van der Waals surface area contributed by atoms with Crippen LogP contribution in [0.5, 0.6) is 0 Å². The molecular formula is C76H53N3. The summed E-state index contributed by atoms with van der Waals surface area (Å²) in [4.78, 5) is 4.87. The van der Waals surface area contributed by atoms with Crippen LogP contribution in [0.4, 0.5) is 34.1 Å². The van der Waals surface area contributed by atoms with E-state index in [1.165, 1.54) is 88.2 Å². The quantitative estimate of drug-likeness (QED) is 0.127. The molecule has 2 aliphatic rings. The van der Waals surface area contributed by atoms with Gasteiger partial charge in [0.25, 0.3) is 0 Å². The minimum absolute atomic E-state index is 0.551. The lowest BCUT2D eigenvalue weighted by Crippen LogP contribution is -2.26. The lowest BCUT2D eigenvalue weighted by molar-refractivity contribution is 0.793. The number of hydrogen-bond acceptors (Lipinski definition) is 2. The molecule has 1 spiro atoms. The molecule has 0 saturated carbocycles. The Labute approximate surface area is 461 Å². The number of para-hydroxylation sites is 4. The van der Waals surface area contributed by atoms with Crippen LogP contribution in [-0.2, 0) is 5.41 Å². The lowest BCUT2D eigenvalue weighted by Gasteiger charge is -2.33. The Morgan fingerprint density at radius 3 is 1.61 bits per heavy atom. The standard InChI is InChI=1S/C76H53N3/c1-3-4-23-52-38-43-70-74(51(52)2)66-42-41-60(50-71(66)76(70)68-36-21-19-34-64(68)65-35-20-22-37-69(65)76)78(58-29-13-7-14-30-58)62-47-55(46-61(49-62)77(56-25-9-5-10-26-56)57-27-11-6-12-28-57)54-40-44-72-67(48-54)75-63-33-18-17-24-53(63)39-45-73(75)79(72)59-31-15-8-16-32-59/h3-50H,1H2,2H3/b23-4-. The maximum Gasteiger partial charge on any atom is 0.0726 e. The van der Waals surface area contributed by atoms with E-state index >= 15 is 0 Å². The van der Waals surface area contributed by atoms with Crippen molar-refractivity contribution in [1.29, 1.82) is 0 Å². The fourth-order valence-electron chi connectivity index (χ4n) is 13.4. The van der Waals surface area contributed by atoms with Crippen LogP contribution in [0.25, 0.3) is 77.7 Å². The number of anilines is 6. The van der Waals surface area contributed by atoms with Gasteiger partial charge in [-0.15, -0.1) is 0 Å². The van der Waals surface area contributed by atoms with Gasteiger partial charge in [0.15, 0.2) is 0 Å². The van der Waals surface area contributed by atoms with Crippen LogP contribution < -0.4 is 9.80 Å². The number of nitrogens with zero attached hydrogens (tertiary/aromatic N) is 3. The maximum atomic E-state index is 4.02. The van der Waals surface area contributed by atoms with Crippen LogP contribution in [0.1, 0.15) is 33.4 Å². The van der Waals surface area contributed by atoms with Crippen LogP contribution in [0.3, 0.4) is 0 Å². The Bertz CT molecular complexity index is 4490. The Balaban J connectivity index is 1.01. The molecule has 0 saturated heterocycles. The molecular weight excluding hydrogens is 955 g/mol. The molecule has 372 valence electrons. The second-order valence-corrected chi connectivity index (χ2v) is 20.9. The summed E-state index contributed by atoms with van der Waals surface area (Å²) in [6.07, 6.45) is 6.10. The van der Waals surface area contributed by atoms with Gasteiger partial charge in [0.05, 0.1) is 16.4 Å². The highest BCUT2D eigenvalue weighted by atomic mass is 15.2. The van der Waals surface area contributed by atoms with Gasteiger partial charge in [-0.3, -0.25) is 0 Å². The van der Waals surface area contributed by atoms with Gasteiger partial charge in [0.2, 0.25) is 0 Å². The first-order valence-electron chi connectivity index (χ1n) is 27.3. The zero-order chi connectivity index (χ0) is 52.6. The van der Waals surface area contributed by atoms with E-state index in [9.17, 15) is 0 Å². The van der Waals surface area contributed by atoms with Gasteiger partial charge >= 0.3 is 0 Å². The zero-order valence-electron chi connectivity index (χ0n) is 43.8. The van der Waals surface area contributed by atoms with Gasteiger partial charge < -0.3 is 14.4 Å². The SMILES string of the molecule is C=C/C=C\c1ccc2c(c1C)-c1ccc(N(c3ccccc3)c3cc(-c4ccc5c(c4)c4c6ccccc6ccc4n5-c4ccccc4)cc(N(c4ccccc4)c4ccccc4)c3)cc1C21c2ccccc2-c2ccccc21. The summed E-state index contributed by atoms with van der Waals surface area (Å²) >= 11 is 0. The smallest absolute Gasteiger partial charge is 0.0726 e. The van der Waals surface area contributed by atoms with Crippen LogP contribution >= 0.6 is 0 Å². The highest BCUT2D eigenvalue weighted by molar-refractivity contribution is 6.22. The fraction of sp³-hybridized carbons (Fsp3) is 0.0263. The largest absolute Gasteiger partial charge is 0.310 e. The maximum absolute atomic E-state index is 4.02. The van der Waals surface area contributed by atoms with Gasteiger partial charge in [0.1, 0.15) is 0 Å². The Morgan fingerprint density at radius 1 is 0.392 bits per heavy atom. The summed E-state index contributed by atoms with van der Waals surface area (Å²) in [5.41, 5.74) is 24.4. The molecule has 13 aromatic rings. The van der Waals surface area contributed by atoms with E-state index in [1.807, 2.05) is 12.2 Å². The monoisotopic (exact) mass is 1010 g/mol. The molecule has 0 atom stereocenters. The first-order valence-corrected chi connectivity index (χ1v) is 27.3. The van der Waals surface area contributed by atoms with Crippen molar-refractivity contribution >= 4 is 72.8 Å². The van der Waals surface area contributed by atoms with E-state index in [0.717, 1.165) is 50.9 Å². The Hall–Kier alpha value is -10.2. The molecule has 0 aliphatic heterocycles. The van der Waals surface area contributed by atoms with E-state index in [0.29, 0.717) is 0 Å². The number of benzene rings is 12. The third-order valence-corrected chi connectivity index (χ3v) is 16.7. The molecule has 0 bridgehead atoms. The predicted octanol–water partition coefficient (Wildman–Crippen LogP) is 20.4. The zero-order valence-corrected chi connectivity index (χ0v) is 43.8. The van der Waals surface area contributed by atoms with E-state index in [2.05, 4.69) is 307 Å². The molecule has 12 aromatic carbocycles. The molecule has 0 fully saturated rings. The number of rotatable bonds is 10. The molecule has 0 radical (unpaired) electrons. The summed E-state index contributed by atoms with van der Waals surface area (Å²) in [6, 6.07) is 101. The number of fused-ring (bicyclic) bond motifs is 15. The van der Waals surface area contributed by atoms with Gasteiger partial charge in [-0.1, -0.05) is 201 Å². The summed E-state index contributed by atoms with van der Waals surface area (Å²) < 4.78 is 2.42. The van der Waals surface area contributed by atoms with Crippen molar-refractivity contribution in [1.82, 2.24) is 4.57 Å². The fourth-order valence-corrected chi connectivity index (χ4v) is 13.4. The second-order valence-electron chi connectivity index (χ2n) is 20.9. The normalized spacial score (nSPS) is 12.7. The molecule has 79 heavy (non-hydrogen) atoms. The summed E-state index contributed by atoms with van der Waals surface area (Å²) in [7, 11) is 0. The van der Waals surface area contributed by atoms with Crippen molar-refractivity contribution in [2.45, 2.75) is 12.3 Å². The van der Waals surface area contributed by atoms with Crippen LogP contribution in [0.2, 0.25) is 0 Å². The summed E-state index contributed by atoms with van der Waals surface area (Å²) in [5, 5.41) is 4.92. The third kappa shape index (κ3) is 7.13. The molecule has 0 unspecified atom stereocenters. The van der Waals surface area contributed by atoms with Crippen molar-refractivity contribution < 1.29 is 0 Å². The summed E-state index contributed by atoms with van der Waals surface area (Å²) in [6.45, 7) is 6.31. The van der Waals surface area contributed by atoms with E-state index in [4.69, 9.17) is 0 Å². The average Bonchev–Trinajstić information content (AvgIpc) is 4.24. The number of hydrogen-bond donors (Lipinski definition) is 0. The van der Waals surface area contributed by atoms with Crippen molar-refractivity contribution in [3.8, 4) is 39.1 Å². The number of aromatic nitrogens is 1. The third-order valence-electron chi connectivity index (χ3n) is 16.7. The topological polar surface area (TPSA) is 11.4 Å². The molecule has 3 nitrogen and oxygen atoms in total. The second kappa shape index (κ2) is 18.5. The highest BCUT2D eigenvalue weighted by Crippen LogP contribution is 2.64. The first kappa shape index (κ1) is 46.1. The minimum atomic E-state index is -0.551. The van der Waals surface area contributed by atoms with Gasteiger partial charge in [-0.05, 0) is 182 Å². The lowest BCUT2D eigenvalue weighted by atomic mass is 9.70. The summed E-state index contributed by atoms with van der Waals surface area (Å²) in [5.74, 6) is 0. The van der Waals surface area contributed by atoms with Gasteiger partial charge in [-0.2, -0.15) is 0 Å². The van der Waals surface area contributed by atoms with Crippen molar-refractivity contribution in [2.75, 3.05) is 9.80 Å². The Kier molecular flexibility index (Phi) is 10.8. The van der Waals surface area contributed by atoms with Gasteiger partial charge in [0, 0.05) is 50.6 Å². The molecule has 3 heteroatoms. The molecule has 0 amide bonds. The van der Waals surface area contributed by atoms with Crippen molar-refractivity contribution in [3.05, 3.63) is 325 Å². The van der Waals surface area contributed by atoms with E-state index < -0.39 is 5.41 Å². The molecule has 1 aromatic heterocycles. The van der Waals surface area contributed by atoms with Crippen LogP contribution in [0.15, 0.2) is 292 Å². The number of allylic oxidation sites excluding steroid dienone is 2.